The molecule has 0 aromatic heterocycles. The summed E-state index contributed by atoms with van der Waals surface area (Å²) in [6.07, 6.45) is 2.70. The summed E-state index contributed by atoms with van der Waals surface area (Å²) in [6.45, 7) is 4.68. The fraction of sp³-hybridized carbons (Fsp3) is 0.381. The van der Waals surface area contributed by atoms with E-state index in [9.17, 15) is 13.2 Å². The van der Waals surface area contributed by atoms with Gasteiger partial charge in [-0.2, -0.15) is 0 Å². The van der Waals surface area contributed by atoms with Crippen LogP contribution in [0.2, 0.25) is 0 Å². The Morgan fingerprint density at radius 2 is 1.93 bits per heavy atom. The molecule has 144 valence electrons. The molecule has 0 aliphatic carbocycles. The van der Waals surface area contributed by atoms with Gasteiger partial charge in [0.25, 0.3) is 0 Å². The Morgan fingerprint density at radius 1 is 1.11 bits per heavy atom. The van der Waals surface area contributed by atoms with E-state index in [0.717, 1.165) is 12.8 Å². The zero-order valence-corrected chi connectivity index (χ0v) is 16.7. The summed E-state index contributed by atoms with van der Waals surface area (Å²) >= 11 is 0. The van der Waals surface area contributed by atoms with Crippen LogP contribution in [0.15, 0.2) is 42.5 Å². The monoisotopic (exact) mass is 386 g/mol. The van der Waals surface area contributed by atoms with Gasteiger partial charge >= 0.3 is 0 Å². The molecule has 3 rings (SSSR count). The van der Waals surface area contributed by atoms with Crippen LogP contribution < -0.4 is 9.62 Å². The van der Waals surface area contributed by atoms with E-state index in [4.69, 9.17) is 0 Å². The van der Waals surface area contributed by atoms with Gasteiger partial charge in [0.2, 0.25) is 15.9 Å². The summed E-state index contributed by atoms with van der Waals surface area (Å²) in [6, 6.07) is 13.4. The lowest BCUT2D eigenvalue weighted by Gasteiger charge is -2.17. The van der Waals surface area contributed by atoms with Gasteiger partial charge in [0, 0.05) is 18.7 Å². The maximum Gasteiger partial charge on any atom is 0.235 e. The number of sulfonamides is 1. The van der Waals surface area contributed by atoms with Gasteiger partial charge in [0.15, 0.2) is 0 Å². The van der Waals surface area contributed by atoms with Crippen molar-refractivity contribution < 1.29 is 13.2 Å². The number of carbonyl (C=O) groups excluding carboxylic acids is 1. The number of hydrogen-bond donors (Lipinski definition) is 1. The number of rotatable bonds is 6. The third-order valence-corrected chi connectivity index (χ3v) is 6.83. The van der Waals surface area contributed by atoms with Crippen LogP contribution >= 0.6 is 0 Å². The predicted octanol–water partition coefficient (Wildman–Crippen LogP) is 3.80. The van der Waals surface area contributed by atoms with Crippen LogP contribution in [0.1, 0.15) is 36.0 Å². The first kappa shape index (κ1) is 19.4. The average molecular weight is 387 g/mol. The first-order valence-corrected chi connectivity index (χ1v) is 10.9. The highest BCUT2D eigenvalue weighted by Crippen LogP contribution is 2.26. The minimum absolute atomic E-state index is 0.0553. The Labute approximate surface area is 161 Å². The lowest BCUT2D eigenvalue weighted by Crippen LogP contribution is -2.25. The van der Waals surface area contributed by atoms with Crippen molar-refractivity contribution in [1.29, 1.82) is 0 Å². The molecule has 2 aromatic carbocycles. The Balaban J connectivity index is 1.55. The number of hydrogen-bond acceptors (Lipinski definition) is 3. The Kier molecular flexibility index (Phi) is 5.85. The third-order valence-electron chi connectivity index (χ3n) is 4.96. The molecule has 1 saturated heterocycles. The standard InChI is InChI=1S/C21H26N2O3S/c1-16-10-11-18(14-17(16)2)6-3-9-21(24)22-19-7-4-8-20(15-19)23-12-5-13-27(23,25)26/h4,7-8,10-11,14-15H,3,5-6,9,12-13H2,1-2H3,(H,22,24). The smallest absolute Gasteiger partial charge is 0.235 e. The van der Waals surface area contributed by atoms with E-state index in [1.54, 1.807) is 24.3 Å². The molecule has 0 bridgehead atoms. The van der Waals surface area contributed by atoms with E-state index in [1.165, 1.54) is 21.0 Å². The zero-order chi connectivity index (χ0) is 19.4. The fourth-order valence-corrected chi connectivity index (χ4v) is 4.86. The second-order valence-electron chi connectivity index (χ2n) is 7.11. The maximum absolute atomic E-state index is 12.2. The molecule has 6 heteroatoms. The molecule has 5 nitrogen and oxygen atoms in total. The van der Waals surface area contributed by atoms with Gasteiger partial charge < -0.3 is 5.32 Å². The molecule has 1 amide bonds. The normalized spacial score (nSPS) is 15.7. The van der Waals surface area contributed by atoms with E-state index >= 15 is 0 Å². The summed E-state index contributed by atoms with van der Waals surface area (Å²) in [5, 5.41) is 2.88. The van der Waals surface area contributed by atoms with Crippen LogP contribution in [0.4, 0.5) is 11.4 Å². The zero-order valence-electron chi connectivity index (χ0n) is 15.9. The van der Waals surface area contributed by atoms with Crippen molar-refractivity contribution in [3.05, 3.63) is 59.2 Å². The van der Waals surface area contributed by atoms with E-state index in [-0.39, 0.29) is 11.7 Å². The van der Waals surface area contributed by atoms with Gasteiger partial charge in [0.05, 0.1) is 11.4 Å². The quantitative estimate of drug-likeness (QED) is 0.821. The molecule has 0 radical (unpaired) electrons. The lowest BCUT2D eigenvalue weighted by molar-refractivity contribution is -0.116. The molecule has 27 heavy (non-hydrogen) atoms. The molecular weight excluding hydrogens is 360 g/mol. The molecule has 0 spiro atoms. The highest BCUT2D eigenvalue weighted by atomic mass is 32.2. The van der Waals surface area contributed by atoms with Gasteiger partial charge in [-0.25, -0.2) is 8.42 Å². The molecule has 2 aromatic rings. The third kappa shape index (κ3) is 4.89. The Morgan fingerprint density at radius 3 is 2.63 bits per heavy atom. The van der Waals surface area contributed by atoms with Crippen molar-refractivity contribution >= 4 is 27.3 Å². The topological polar surface area (TPSA) is 66.5 Å². The molecule has 0 unspecified atom stereocenters. The SMILES string of the molecule is Cc1ccc(CCCC(=O)Nc2cccc(N3CCCS3(=O)=O)c2)cc1C. The molecule has 1 aliphatic heterocycles. The van der Waals surface area contributed by atoms with Crippen molar-refractivity contribution in [2.75, 3.05) is 21.9 Å². The van der Waals surface area contributed by atoms with Crippen molar-refractivity contribution in [2.24, 2.45) is 0 Å². The van der Waals surface area contributed by atoms with Gasteiger partial charge in [-0.1, -0.05) is 24.3 Å². The molecular formula is C21H26N2O3S. The number of nitrogens with zero attached hydrogens (tertiary/aromatic N) is 1. The van der Waals surface area contributed by atoms with Crippen molar-refractivity contribution in [1.82, 2.24) is 0 Å². The molecule has 1 heterocycles. The lowest BCUT2D eigenvalue weighted by atomic mass is 10.0. The number of carbonyl (C=O) groups is 1. The second-order valence-corrected chi connectivity index (χ2v) is 9.13. The molecule has 0 saturated carbocycles. The van der Waals surface area contributed by atoms with Gasteiger partial charge in [-0.05, 0) is 68.0 Å². The first-order chi connectivity index (χ1) is 12.8. The van der Waals surface area contributed by atoms with E-state index in [0.29, 0.717) is 30.8 Å². The van der Waals surface area contributed by atoms with E-state index < -0.39 is 10.0 Å². The van der Waals surface area contributed by atoms with Crippen molar-refractivity contribution in [3.8, 4) is 0 Å². The van der Waals surface area contributed by atoms with Crippen LogP contribution in [-0.2, 0) is 21.2 Å². The van der Waals surface area contributed by atoms with Crippen LogP contribution in [0.25, 0.3) is 0 Å². The minimum Gasteiger partial charge on any atom is -0.326 e. The summed E-state index contributed by atoms with van der Waals surface area (Å²) in [5.41, 5.74) is 5.03. The van der Waals surface area contributed by atoms with E-state index in [2.05, 4.69) is 37.4 Å². The number of anilines is 2. The van der Waals surface area contributed by atoms with Gasteiger partial charge in [0.1, 0.15) is 0 Å². The summed E-state index contributed by atoms with van der Waals surface area (Å²) in [4.78, 5) is 12.2. The van der Waals surface area contributed by atoms with Crippen molar-refractivity contribution in [3.63, 3.8) is 0 Å². The predicted molar refractivity (Wildman–Crippen MR) is 110 cm³/mol. The van der Waals surface area contributed by atoms with Crippen LogP contribution in [-0.4, -0.2) is 26.6 Å². The minimum atomic E-state index is -3.22. The molecule has 0 atom stereocenters. The Hall–Kier alpha value is -2.34. The maximum atomic E-state index is 12.2. The summed E-state index contributed by atoms with van der Waals surface area (Å²) in [5.74, 6) is 0.127. The molecule has 1 aliphatic rings. The highest BCUT2D eigenvalue weighted by molar-refractivity contribution is 7.93. The second kappa shape index (κ2) is 8.13. The highest BCUT2D eigenvalue weighted by Gasteiger charge is 2.28. The van der Waals surface area contributed by atoms with Crippen molar-refractivity contribution in [2.45, 2.75) is 39.5 Å². The van der Waals surface area contributed by atoms with Gasteiger partial charge in [-0.15, -0.1) is 0 Å². The fourth-order valence-electron chi connectivity index (χ4n) is 3.30. The average Bonchev–Trinajstić information content (AvgIpc) is 2.97. The Bertz CT molecular complexity index is 938. The van der Waals surface area contributed by atoms with Crippen LogP contribution in [0.5, 0.6) is 0 Å². The first-order valence-electron chi connectivity index (χ1n) is 9.32. The number of benzene rings is 2. The summed E-state index contributed by atoms with van der Waals surface area (Å²) < 4.78 is 25.5. The van der Waals surface area contributed by atoms with Crippen LogP contribution in [0.3, 0.4) is 0 Å². The largest absolute Gasteiger partial charge is 0.326 e. The number of aryl methyl sites for hydroxylation is 3. The van der Waals surface area contributed by atoms with E-state index in [1.807, 2.05) is 0 Å². The molecule has 1 fully saturated rings. The number of amides is 1. The van der Waals surface area contributed by atoms with Crippen LogP contribution in [0, 0.1) is 13.8 Å². The van der Waals surface area contributed by atoms with Gasteiger partial charge in [-0.3, -0.25) is 9.10 Å². The summed E-state index contributed by atoms with van der Waals surface area (Å²) in [7, 11) is -3.22. The number of nitrogens with one attached hydrogen (secondary N) is 1. The molecule has 1 N–H and O–H groups in total.